The molecule has 0 aliphatic heterocycles. The molecule has 86 valence electrons. The minimum absolute atomic E-state index is 0.220. The number of benzene rings is 1. The maximum Gasteiger partial charge on any atom is 0.149 e. The Balaban J connectivity index is 1.94. The lowest BCUT2D eigenvalue weighted by atomic mass is 10.1. The summed E-state index contributed by atoms with van der Waals surface area (Å²) in [4.78, 5) is 8.98. The fourth-order valence-electron chi connectivity index (χ4n) is 2.29. The van der Waals surface area contributed by atoms with Crippen molar-refractivity contribution in [3.8, 4) is 0 Å². The van der Waals surface area contributed by atoms with Crippen LogP contribution >= 0.6 is 0 Å². The molecular weight excluding hydrogens is 210 g/mol. The first-order valence-electron chi connectivity index (χ1n) is 6.00. The first-order valence-corrected chi connectivity index (χ1v) is 6.00. The molecule has 0 radical (unpaired) electrons. The van der Waals surface area contributed by atoms with Crippen LogP contribution in [-0.2, 0) is 12.8 Å². The molecule has 1 aromatic heterocycles. The van der Waals surface area contributed by atoms with Crippen molar-refractivity contribution in [1.82, 2.24) is 9.97 Å². The molecule has 1 heterocycles. The Morgan fingerprint density at radius 3 is 2.76 bits per heavy atom. The van der Waals surface area contributed by atoms with Crippen LogP contribution in [0.2, 0.25) is 0 Å². The van der Waals surface area contributed by atoms with E-state index in [0.717, 1.165) is 24.2 Å². The highest BCUT2D eigenvalue weighted by atomic mass is 14.9. The predicted molar refractivity (Wildman–Crippen MR) is 66.5 cm³/mol. The topological polar surface area (TPSA) is 51.8 Å². The van der Waals surface area contributed by atoms with Crippen molar-refractivity contribution in [3.63, 3.8) is 0 Å². The first kappa shape index (κ1) is 10.4. The Hall–Kier alpha value is -1.74. The van der Waals surface area contributed by atoms with Gasteiger partial charge < -0.3 is 5.73 Å². The van der Waals surface area contributed by atoms with Gasteiger partial charge in [0.25, 0.3) is 0 Å². The van der Waals surface area contributed by atoms with Gasteiger partial charge in [-0.05, 0) is 30.4 Å². The molecule has 1 aliphatic carbocycles. The van der Waals surface area contributed by atoms with E-state index in [4.69, 9.17) is 5.73 Å². The van der Waals surface area contributed by atoms with Gasteiger partial charge in [0.15, 0.2) is 0 Å². The van der Waals surface area contributed by atoms with E-state index in [-0.39, 0.29) is 6.04 Å². The zero-order valence-corrected chi connectivity index (χ0v) is 9.63. The highest BCUT2D eigenvalue weighted by molar-refractivity contribution is 5.28. The van der Waals surface area contributed by atoms with Crippen LogP contribution < -0.4 is 5.73 Å². The summed E-state index contributed by atoms with van der Waals surface area (Å²) in [5.74, 6) is 0.733. The third-order valence-electron chi connectivity index (χ3n) is 3.27. The van der Waals surface area contributed by atoms with E-state index in [1.807, 2.05) is 36.5 Å². The molecule has 0 fully saturated rings. The molecule has 0 bridgehead atoms. The van der Waals surface area contributed by atoms with E-state index in [1.54, 1.807) is 0 Å². The largest absolute Gasteiger partial charge is 0.318 e. The Morgan fingerprint density at radius 1 is 1.12 bits per heavy atom. The molecule has 2 aromatic rings. The van der Waals surface area contributed by atoms with E-state index < -0.39 is 0 Å². The van der Waals surface area contributed by atoms with Crippen LogP contribution in [0, 0.1) is 0 Å². The van der Waals surface area contributed by atoms with Gasteiger partial charge >= 0.3 is 0 Å². The number of fused-ring (bicyclic) bond motifs is 1. The van der Waals surface area contributed by atoms with E-state index in [9.17, 15) is 0 Å². The number of aryl methyl sites for hydroxylation is 2. The van der Waals surface area contributed by atoms with Crippen LogP contribution in [0.1, 0.15) is 35.1 Å². The fourth-order valence-corrected chi connectivity index (χ4v) is 2.29. The maximum absolute atomic E-state index is 6.19. The third-order valence-corrected chi connectivity index (χ3v) is 3.27. The molecule has 1 aliphatic rings. The van der Waals surface area contributed by atoms with E-state index >= 15 is 0 Å². The minimum Gasteiger partial charge on any atom is -0.318 e. The maximum atomic E-state index is 6.19. The minimum atomic E-state index is -0.220. The molecule has 0 saturated heterocycles. The number of hydrogen-bond donors (Lipinski definition) is 1. The van der Waals surface area contributed by atoms with Crippen molar-refractivity contribution < 1.29 is 0 Å². The smallest absolute Gasteiger partial charge is 0.149 e. The van der Waals surface area contributed by atoms with Crippen LogP contribution in [0.3, 0.4) is 0 Å². The number of rotatable bonds is 2. The predicted octanol–water partition coefficient (Wildman–Crippen LogP) is 2.01. The Labute approximate surface area is 101 Å². The van der Waals surface area contributed by atoms with Gasteiger partial charge in [-0.3, -0.25) is 0 Å². The van der Waals surface area contributed by atoms with Crippen LogP contribution in [0.4, 0.5) is 0 Å². The van der Waals surface area contributed by atoms with E-state index in [2.05, 4.69) is 9.97 Å². The van der Waals surface area contributed by atoms with Gasteiger partial charge in [0.05, 0.1) is 6.04 Å². The summed E-state index contributed by atoms with van der Waals surface area (Å²) in [5, 5.41) is 0. The molecule has 1 unspecified atom stereocenters. The average molecular weight is 225 g/mol. The van der Waals surface area contributed by atoms with E-state index in [1.165, 1.54) is 17.7 Å². The summed E-state index contributed by atoms with van der Waals surface area (Å²) in [5.41, 5.74) is 9.71. The first-order chi connectivity index (χ1) is 8.34. The van der Waals surface area contributed by atoms with Gasteiger partial charge in [0, 0.05) is 11.9 Å². The van der Waals surface area contributed by atoms with E-state index in [0.29, 0.717) is 0 Å². The lowest BCUT2D eigenvalue weighted by molar-refractivity contribution is 0.766. The molecule has 2 N–H and O–H groups in total. The van der Waals surface area contributed by atoms with Gasteiger partial charge in [-0.2, -0.15) is 0 Å². The second-order valence-electron chi connectivity index (χ2n) is 4.44. The van der Waals surface area contributed by atoms with Gasteiger partial charge in [-0.15, -0.1) is 0 Å². The second kappa shape index (κ2) is 4.26. The highest BCUT2D eigenvalue weighted by Gasteiger charge is 2.17. The molecule has 0 amide bonds. The van der Waals surface area contributed by atoms with Crippen molar-refractivity contribution >= 4 is 0 Å². The Bertz CT molecular complexity index is 522. The molecule has 1 atom stereocenters. The second-order valence-corrected chi connectivity index (χ2v) is 4.44. The lowest BCUT2D eigenvalue weighted by Crippen LogP contribution is -2.16. The molecule has 1 aromatic carbocycles. The number of nitrogens with zero attached hydrogens (tertiary/aromatic N) is 2. The highest BCUT2D eigenvalue weighted by Crippen LogP contribution is 2.22. The molecular formula is C14H15N3. The quantitative estimate of drug-likeness (QED) is 0.850. The van der Waals surface area contributed by atoms with Gasteiger partial charge in [0.2, 0.25) is 0 Å². The molecule has 3 nitrogen and oxygen atoms in total. The SMILES string of the molecule is NC(c1ccccc1)c1ncc2c(n1)CCC2. The normalized spacial score (nSPS) is 15.6. The molecule has 0 spiro atoms. The standard InChI is InChI=1S/C14H15N3/c15-13(10-5-2-1-3-6-10)14-16-9-11-7-4-8-12(11)17-14/h1-3,5-6,9,13H,4,7-8,15H2. The van der Waals surface area contributed by atoms with Gasteiger partial charge in [0.1, 0.15) is 5.82 Å². The fraction of sp³-hybridized carbons (Fsp3) is 0.286. The summed E-state index contributed by atoms with van der Waals surface area (Å²) < 4.78 is 0. The summed E-state index contributed by atoms with van der Waals surface area (Å²) in [7, 11) is 0. The summed E-state index contributed by atoms with van der Waals surface area (Å²) in [6.45, 7) is 0. The van der Waals surface area contributed by atoms with Gasteiger partial charge in [-0.25, -0.2) is 9.97 Å². The Kier molecular flexibility index (Phi) is 2.61. The number of nitrogens with two attached hydrogens (primary N) is 1. The van der Waals surface area contributed by atoms with Crippen LogP contribution in [0.15, 0.2) is 36.5 Å². The van der Waals surface area contributed by atoms with Gasteiger partial charge in [-0.1, -0.05) is 30.3 Å². The van der Waals surface area contributed by atoms with Crippen LogP contribution in [-0.4, -0.2) is 9.97 Å². The summed E-state index contributed by atoms with van der Waals surface area (Å²) >= 11 is 0. The molecule has 0 saturated carbocycles. The summed E-state index contributed by atoms with van der Waals surface area (Å²) in [6.07, 6.45) is 5.30. The average Bonchev–Trinajstić information content (AvgIpc) is 2.86. The summed E-state index contributed by atoms with van der Waals surface area (Å²) in [6, 6.07) is 9.77. The van der Waals surface area contributed by atoms with Crippen molar-refractivity contribution in [2.24, 2.45) is 5.73 Å². The number of hydrogen-bond acceptors (Lipinski definition) is 3. The zero-order chi connectivity index (χ0) is 11.7. The molecule has 3 rings (SSSR count). The molecule has 3 heteroatoms. The third kappa shape index (κ3) is 1.94. The van der Waals surface area contributed by atoms with Crippen molar-refractivity contribution in [1.29, 1.82) is 0 Å². The zero-order valence-electron chi connectivity index (χ0n) is 9.63. The monoisotopic (exact) mass is 225 g/mol. The van der Waals surface area contributed by atoms with Crippen LogP contribution in [0.25, 0.3) is 0 Å². The van der Waals surface area contributed by atoms with Crippen molar-refractivity contribution in [3.05, 3.63) is 59.2 Å². The lowest BCUT2D eigenvalue weighted by Gasteiger charge is -2.11. The van der Waals surface area contributed by atoms with Crippen LogP contribution in [0.5, 0.6) is 0 Å². The van der Waals surface area contributed by atoms with Crippen molar-refractivity contribution in [2.45, 2.75) is 25.3 Å². The number of aromatic nitrogens is 2. The van der Waals surface area contributed by atoms with Crippen molar-refractivity contribution in [2.75, 3.05) is 0 Å². The molecule has 17 heavy (non-hydrogen) atoms. The Morgan fingerprint density at radius 2 is 1.94 bits per heavy atom.